The summed E-state index contributed by atoms with van der Waals surface area (Å²) in [6.07, 6.45) is 1.88. The van der Waals surface area contributed by atoms with Crippen LogP contribution in [-0.4, -0.2) is 74.0 Å². The molecule has 0 aliphatic carbocycles. The van der Waals surface area contributed by atoms with Gasteiger partial charge in [0.05, 0.1) is 52.8 Å². The Morgan fingerprint density at radius 1 is 0.520 bits per heavy atom. The second-order valence-electron chi connectivity index (χ2n) is 11.7. The zero-order chi connectivity index (χ0) is 36.2. The van der Waals surface area contributed by atoms with Gasteiger partial charge in [-0.05, 0) is 91.3 Å². The minimum Gasteiger partial charge on any atom is -0.508 e. The van der Waals surface area contributed by atoms with E-state index in [0.29, 0.717) is 48.7 Å². The van der Waals surface area contributed by atoms with Gasteiger partial charge >= 0.3 is 11.9 Å². The monoisotopic (exact) mass is 690 g/mol. The first-order valence-electron chi connectivity index (χ1n) is 15.8. The Morgan fingerprint density at radius 3 is 1.30 bits per heavy atom. The highest BCUT2D eigenvalue weighted by Crippen LogP contribution is 2.33. The Morgan fingerprint density at radius 2 is 0.900 bits per heavy atom. The highest BCUT2D eigenvalue weighted by atomic mass is 16.5. The summed E-state index contributed by atoms with van der Waals surface area (Å²) >= 11 is 0. The van der Waals surface area contributed by atoms with E-state index in [0.717, 1.165) is 23.3 Å². The lowest BCUT2D eigenvalue weighted by Crippen LogP contribution is -2.27. The maximum Gasteiger partial charge on any atom is 0.338 e. The number of hydrogen-bond donors (Lipinski definition) is 4. The summed E-state index contributed by atoms with van der Waals surface area (Å²) in [5.41, 5.74) is 1.76. The van der Waals surface area contributed by atoms with Gasteiger partial charge in [-0.1, -0.05) is 0 Å². The number of phenols is 4. The van der Waals surface area contributed by atoms with Gasteiger partial charge in [-0.15, -0.1) is 0 Å². The predicted octanol–water partition coefficient (Wildman–Crippen LogP) is 6.06. The molecule has 2 atom stereocenters. The van der Waals surface area contributed by atoms with Gasteiger partial charge in [0.15, 0.2) is 0 Å². The molecule has 0 unspecified atom stereocenters. The number of esters is 2. The van der Waals surface area contributed by atoms with E-state index in [1.165, 1.54) is 24.3 Å². The van der Waals surface area contributed by atoms with Crippen molar-refractivity contribution in [3.05, 3.63) is 95.1 Å². The summed E-state index contributed by atoms with van der Waals surface area (Å²) in [6, 6.07) is 18.2. The van der Waals surface area contributed by atoms with Crippen molar-refractivity contribution in [1.29, 1.82) is 0 Å². The molecule has 0 aromatic heterocycles. The SMILES string of the molecule is COc1cc(C[C@@H](CCCOC(=O)c2cc(O)cc(O)c2)[C@H](COC(=O)c2cc(O)cc(O)c2)Cc2cc(OC)cc(OC)c2)cc(OC)c1. The minimum absolute atomic E-state index is 0.0109. The second kappa shape index (κ2) is 17.6. The lowest BCUT2D eigenvalue weighted by molar-refractivity contribution is 0.0361. The van der Waals surface area contributed by atoms with Crippen LogP contribution < -0.4 is 18.9 Å². The molecule has 0 aliphatic rings. The van der Waals surface area contributed by atoms with Crippen LogP contribution in [0, 0.1) is 11.8 Å². The molecule has 4 N–H and O–H groups in total. The molecule has 4 rings (SSSR count). The van der Waals surface area contributed by atoms with Gasteiger partial charge < -0.3 is 48.8 Å². The van der Waals surface area contributed by atoms with Crippen molar-refractivity contribution in [2.45, 2.75) is 25.7 Å². The highest BCUT2D eigenvalue weighted by molar-refractivity contribution is 5.91. The van der Waals surface area contributed by atoms with Gasteiger partial charge in [-0.3, -0.25) is 0 Å². The number of aromatic hydroxyl groups is 4. The van der Waals surface area contributed by atoms with Crippen molar-refractivity contribution in [1.82, 2.24) is 0 Å². The molecule has 0 fully saturated rings. The normalized spacial score (nSPS) is 12.0. The molecule has 50 heavy (non-hydrogen) atoms. The first kappa shape index (κ1) is 37.0. The number of ether oxygens (including phenoxy) is 6. The number of hydrogen-bond acceptors (Lipinski definition) is 12. The van der Waals surface area contributed by atoms with E-state index in [4.69, 9.17) is 28.4 Å². The first-order valence-corrected chi connectivity index (χ1v) is 15.8. The Kier molecular flexibility index (Phi) is 13.0. The van der Waals surface area contributed by atoms with E-state index in [2.05, 4.69) is 0 Å². The molecule has 0 aliphatic heterocycles. The largest absolute Gasteiger partial charge is 0.508 e. The van der Waals surface area contributed by atoms with Gasteiger partial charge in [-0.2, -0.15) is 0 Å². The standard InChI is InChI=1S/C38H42O12/c1-45-33-10-23(11-34(20-33)46-2)8-25(6-5-7-49-37(43)26-14-29(39)18-30(40)15-26)28(9-24-12-35(47-3)21-36(13-24)48-4)22-50-38(44)27-16-31(41)19-32(42)17-27/h10-21,25,28,39-42H,5-9,22H2,1-4H3/t25-,28+/m1/s1. The fourth-order valence-electron chi connectivity index (χ4n) is 5.73. The molecular formula is C38H42O12. The van der Waals surface area contributed by atoms with E-state index >= 15 is 0 Å². The second-order valence-corrected chi connectivity index (χ2v) is 11.7. The smallest absolute Gasteiger partial charge is 0.338 e. The Labute approximate surface area is 290 Å². The first-order chi connectivity index (χ1) is 24.0. The molecule has 12 nitrogen and oxygen atoms in total. The van der Waals surface area contributed by atoms with Gasteiger partial charge in [0.2, 0.25) is 0 Å². The summed E-state index contributed by atoms with van der Waals surface area (Å²) in [4.78, 5) is 25.9. The molecule has 0 bridgehead atoms. The van der Waals surface area contributed by atoms with Gasteiger partial charge in [0, 0.05) is 30.2 Å². The Bertz CT molecular complexity index is 1680. The number of methoxy groups -OCH3 is 4. The molecule has 0 radical (unpaired) electrons. The van der Waals surface area contributed by atoms with Crippen LogP contribution in [0.3, 0.4) is 0 Å². The van der Waals surface area contributed by atoms with E-state index in [9.17, 15) is 30.0 Å². The molecule has 4 aromatic rings. The molecular weight excluding hydrogens is 648 g/mol. The van der Waals surface area contributed by atoms with E-state index in [1.807, 2.05) is 24.3 Å². The molecule has 0 amide bonds. The lowest BCUT2D eigenvalue weighted by Gasteiger charge is -2.28. The summed E-state index contributed by atoms with van der Waals surface area (Å²) in [6.45, 7) is -0.00184. The van der Waals surface area contributed by atoms with Crippen LogP contribution in [0.5, 0.6) is 46.0 Å². The summed E-state index contributed by atoms with van der Waals surface area (Å²) in [7, 11) is 6.24. The van der Waals surface area contributed by atoms with Crippen molar-refractivity contribution in [2.24, 2.45) is 11.8 Å². The van der Waals surface area contributed by atoms with Crippen LogP contribution in [0.4, 0.5) is 0 Å². The van der Waals surface area contributed by atoms with Gasteiger partial charge in [0.1, 0.15) is 46.0 Å². The van der Waals surface area contributed by atoms with Gasteiger partial charge in [0.25, 0.3) is 0 Å². The maximum absolute atomic E-state index is 13.2. The third kappa shape index (κ3) is 10.6. The molecule has 12 heteroatoms. The molecule has 0 saturated heterocycles. The van der Waals surface area contributed by atoms with Gasteiger partial charge in [-0.25, -0.2) is 9.59 Å². The van der Waals surface area contributed by atoms with E-state index in [1.54, 1.807) is 40.6 Å². The molecule has 4 aromatic carbocycles. The molecule has 0 heterocycles. The highest BCUT2D eigenvalue weighted by Gasteiger charge is 2.26. The lowest BCUT2D eigenvalue weighted by atomic mass is 9.80. The topological polar surface area (TPSA) is 170 Å². The van der Waals surface area contributed by atoms with Crippen molar-refractivity contribution in [3.8, 4) is 46.0 Å². The molecule has 0 saturated carbocycles. The third-order valence-electron chi connectivity index (χ3n) is 8.14. The number of rotatable bonds is 17. The summed E-state index contributed by atoms with van der Waals surface area (Å²) in [5.74, 6) is -0.616. The van der Waals surface area contributed by atoms with Crippen molar-refractivity contribution in [3.63, 3.8) is 0 Å². The van der Waals surface area contributed by atoms with Crippen LogP contribution >= 0.6 is 0 Å². The Balaban J connectivity index is 1.64. The molecule has 266 valence electrons. The molecule has 0 spiro atoms. The average Bonchev–Trinajstić information content (AvgIpc) is 3.09. The van der Waals surface area contributed by atoms with Crippen LogP contribution in [0.15, 0.2) is 72.8 Å². The van der Waals surface area contributed by atoms with E-state index in [-0.39, 0.29) is 59.2 Å². The summed E-state index contributed by atoms with van der Waals surface area (Å²) < 4.78 is 33.3. The quantitative estimate of drug-likeness (QED) is 0.0748. The van der Waals surface area contributed by atoms with Crippen LogP contribution in [0.25, 0.3) is 0 Å². The number of carbonyl (C=O) groups excluding carboxylic acids is 2. The predicted molar refractivity (Wildman–Crippen MR) is 183 cm³/mol. The minimum atomic E-state index is -0.727. The van der Waals surface area contributed by atoms with Crippen LogP contribution in [0.2, 0.25) is 0 Å². The van der Waals surface area contributed by atoms with Crippen molar-refractivity contribution >= 4 is 11.9 Å². The maximum atomic E-state index is 13.2. The zero-order valence-corrected chi connectivity index (χ0v) is 28.4. The number of benzene rings is 4. The zero-order valence-electron chi connectivity index (χ0n) is 28.4. The fourth-order valence-corrected chi connectivity index (χ4v) is 5.73. The van der Waals surface area contributed by atoms with Crippen molar-refractivity contribution < 1.29 is 58.4 Å². The summed E-state index contributed by atoms with van der Waals surface area (Å²) in [5, 5.41) is 39.4. The van der Waals surface area contributed by atoms with E-state index < -0.39 is 11.9 Å². The van der Waals surface area contributed by atoms with Crippen LogP contribution in [-0.2, 0) is 22.3 Å². The third-order valence-corrected chi connectivity index (χ3v) is 8.14. The fraction of sp³-hybridized carbons (Fsp3) is 0.316. The number of carbonyl (C=O) groups is 2. The number of phenolic OH excluding ortho intramolecular Hbond substituents is 4. The van der Waals surface area contributed by atoms with Crippen molar-refractivity contribution in [2.75, 3.05) is 41.7 Å². The Hall–Kier alpha value is -5.78. The average molecular weight is 691 g/mol. The van der Waals surface area contributed by atoms with Crippen LogP contribution in [0.1, 0.15) is 44.7 Å².